The third-order valence-corrected chi connectivity index (χ3v) is 5.28. The largest absolute Gasteiger partial charge is 0.493 e. The minimum absolute atomic E-state index is 0.0222. The average molecular weight is 310 g/mol. The van der Waals surface area contributed by atoms with E-state index in [1.54, 1.807) is 0 Å². The lowest BCUT2D eigenvalue weighted by molar-refractivity contribution is -0.0453. The van der Waals surface area contributed by atoms with Crippen molar-refractivity contribution in [1.82, 2.24) is 4.90 Å². The van der Waals surface area contributed by atoms with E-state index in [0.717, 1.165) is 4.90 Å². The van der Waals surface area contributed by atoms with Crippen molar-refractivity contribution >= 4 is 0 Å². The number of ether oxygens (including phenoxy) is 2. The van der Waals surface area contributed by atoms with Crippen LogP contribution in [0, 0.1) is 5.89 Å². The average Bonchev–Trinajstić information content (AvgIpc) is 3.01. The summed E-state index contributed by atoms with van der Waals surface area (Å²) >= 11 is 0. The summed E-state index contributed by atoms with van der Waals surface area (Å²) in [7, 11) is -2.94. The Balaban J connectivity index is 1.87. The van der Waals surface area contributed by atoms with Crippen LogP contribution in [0.2, 0.25) is 0 Å². The maximum atomic E-state index is 9.50. The van der Waals surface area contributed by atoms with Crippen LogP contribution in [-0.2, 0) is 11.8 Å². The van der Waals surface area contributed by atoms with Gasteiger partial charge in [-0.2, -0.15) is 0 Å². The first-order chi connectivity index (χ1) is 15.1. The Hall–Kier alpha value is -1.52. The van der Waals surface area contributed by atoms with E-state index in [2.05, 4.69) is 0 Å². The van der Waals surface area contributed by atoms with Gasteiger partial charge in [-0.1, -0.05) is 18.2 Å². The molecule has 5 atom stereocenters. The van der Waals surface area contributed by atoms with E-state index >= 15 is 0 Å². The van der Waals surface area contributed by atoms with Gasteiger partial charge in [-0.15, -0.1) is 0 Å². The Labute approximate surface area is 145 Å². The maximum Gasteiger partial charge on any atom is 0.211 e. The van der Waals surface area contributed by atoms with Gasteiger partial charge in [-0.25, -0.2) is 0 Å². The number of hydrogen-bond donors (Lipinski definition) is 1. The fourth-order valence-corrected chi connectivity index (χ4v) is 4.42. The zero-order valence-corrected chi connectivity index (χ0v) is 11.6. The molecule has 2 unspecified atom stereocenters. The molecule has 1 N–H and O–H groups in total. The first-order valence-electron chi connectivity index (χ1n) is 12.6. The van der Waals surface area contributed by atoms with Crippen molar-refractivity contribution in [3.05, 3.63) is 35.4 Å². The highest BCUT2D eigenvalue weighted by Gasteiger charge is 2.64. The molecule has 2 aliphatic heterocycles. The van der Waals surface area contributed by atoms with Gasteiger partial charge in [0.05, 0.1) is 13.9 Å². The van der Waals surface area contributed by atoms with Gasteiger partial charge < -0.3 is 19.5 Å². The summed E-state index contributed by atoms with van der Waals surface area (Å²) in [4.78, 5) is 0.971. The predicted octanol–water partition coefficient (Wildman–Crippen LogP) is 1.50. The standard InChI is InChI=1S/C18H21NO3/c1-19-8-7-18-11-4-5-13(20)17(18)22-16-14(21-2)6-3-10(15(16)18)9-12(11)19/h3-6,11-13,17,20H,7-9H2,1-2H3/t11-,12+,13?,17?,18-/m0/s1/i1D3,2D3,3D,6D,11D,12D,20D. The molecular formula is C18H21NO3. The summed E-state index contributed by atoms with van der Waals surface area (Å²) in [6.07, 6.45) is 0.348. The van der Waals surface area contributed by atoms with E-state index in [4.69, 9.17) is 27.0 Å². The topological polar surface area (TPSA) is 41.9 Å². The molecule has 1 saturated heterocycles. The van der Waals surface area contributed by atoms with Gasteiger partial charge in [0.25, 0.3) is 0 Å². The minimum Gasteiger partial charge on any atom is -0.493 e. The van der Waals surface area contributed by atoms with E-state index in [1.165, 1.54) is 12.2 Å². The van der Waals surface area contributed by atoms with Crippen molar-refractivity contribution < 1.29 is 28.3 Å². The molecule has 1 aromatic rings. The predicted molar refractivity (Wildman–Crippen MR) is 82.5 cm³/mol. The van der Waals surface area contributed by atoms with Crippen LogP contribution in [0.15, 0.2) is 24.2 Å². The first-order valence-corrected chi connectivity index (χ1v) is 7.24. The summed E-state index contributed by atoms with van der Waals surface area (Å²) in [5.41, 5.74) is -0.973. The molecule has 2 aliphatic carbocycles. The second-order valence-electron chi connectivity index (χ2n) is 6.14. The molecule has 1 spiro atoms. The van der Waals surface area contributed by atoms with E-state index in [-0.39, 0.29) is 36.3 Å². The molecule has 0 aromatic heterocycles. The van der Waals surface area contributed by atoms with Crippen LogP contribution in [-0.4, -0.2) is 50.2 Å². The molecule has 116 valence electrons. The summed E-state index contributed by atoms with van der Waals surface area (Å²) < 4.78 is 101. The Morgan fingerprint density at radius 1 is 1.59 bits per heavy atom. The summed E-state index contributed by atoms with van der Waals surface area (Å²) in [6, 6.07) is -3.02. The number of benzene rings is 1. The first kappa shape index (κ1) is 6.17. The lowest BCUT2D eigenvalue weighted by Gasteiger charge is -2.56. The van der Waals surface area contributed by atoms with E-state index < -0.39 is 61.4 Å². The van der Waals surface area contributed by atoms with Crippen molar-refractivity contribution in [2.24, 2.45) is 5.89 Å². The van der Waals surface area contributed by atoms with Crippen molar-refractivity contribution in [2.75, 3.05) is 20.6 Å². The molecule has 2 heterocycles. The Bertz CT molecular complexity index is 1070. The molecule has 1 fully saturated rings. The molecule has 0 amide bonds. The minimum atomic E-state index is -2.94. The van der Waals surface area contributed by atoms with E-state index in [9.17, 15) is 2.74 Å². The van der Waals surface area contributed by atoms with Crippen LogP contribution in [0.1, 0.15) is 31.3 Å². The lowest BCUT2D eigenvalue weighted by atomic mass is 9.53. The Morgan fingerprint density at radius 2 is 2.59 bits per heavy atom. The van der Waals surface area contributed by atoms with Crippen molar-refractivity contribution in [1.29, 1.82) is 1.43 Å². The monoisotopic (exact) mass is 310 g/mol. The van der Waals surface area contributed by atoms with Crippen molar-refractivity contribution in [2.45, 2.75) is 36.5 Å². The zero-order chi connectivity index (χ0) is 24.4. The highest BCUT2D eigenvalue weighted by Crippen LogP contribution is 2.62. The zero-order valence-electron chi connectivity index (χ0n) is 22.6. The highest BCUT2D eigenvalue weighted by atomic mass is 16.5. The van der Waals surface area contributed by atoms with Crippen LogP contribution in [0.4, 0.5) is 0 Å². The number of aliphatic hydroxyl groups excluding tert-OH is 1. The summed E-state index contributed by atoms with van der Waals surface area (Å²) in [5.74, 6) is -2.47. The number of methoxy groups -OCH3 is 1. The lowest BCUT2D eigenvalue weighted by Crippen LogP contribution is -2.64. The van der Waals surface area contributed by atoms with Crippen LogP contribution < -0.4 is 9.47 Å². The molecule has 22 heavy (non-hydrogen) atoms. The molecule has 5 rings (SSSR count). The smallest absolute Gasteiger partial charge is 0.211 e. The Morgan fingerprint density at radius 3 is 3.45 bits per heavy atom. The molecular weight excluding hydrogens is 278 g/mol. The molecule has 0 saturated carbocycles. The van der Waals surface area contributed by atoms with Crippen LogP contribution in [0.25, 0.3) is 0 Å². The number of aliphatic hydroxyl groups is 1. The van der Waals surface area contributed by atoms with Gasteiger partial charge in [0, 0.05) is 29.7 Å². The fraction of sp³-hybridized carbons (Fsp3) is 0.556. The molecule has 4 aliphatic rings. The van der Waals surface area contributed by atoms with Gasteiger partial charge in [0.15, 0.2) is 11.5 Å². The summed E-state index contributed by atoms with van der Waals surface area (Å²) in [5, 5.41) is 4.83. The third-order valence-electron chi connectivity index (χ3n) is 5.28. The Kier molecular flexibility index (Phi) is 1.14. The quantitative estimate of drug-likeness (QED) is 0.841. The number of likely N-dealkylation sites (tertiary alicyclic amines) is 1. The summed E-state index contributed by atoms with van der Waals surface area (Å²) in [6.45, 7) is -2.79. The molecule has 2 bridgehead atoms. The van der Waals surface area contributed by atoms with Crippen LogP contribution >= 0.6 is 0 Å². The second kappa shape index (κ2) is 4.06. The highest BCUT2D eigenvalue weighted by molar-refractivity contribution is 5.62. The number of piperidine rings is 1. The fourth-order valence-electron chi connectivity index (χ4n) is 4.42. The van der Waals surface area contributed by atoms with Crippen LogP contribution in [0.3, 0.4) is 0 Å². The molecule has 0 radical (unpaired) electrons. The number of hydrogen-bond acceptors (Lipinski definition) is 4. The SMILES string of the molecule is [2H]OC1C=C[C@]2([2H])[C@@]34CCN(C([2H])([2H])[2H])[C@]2([2H])Cc2c([2H])c([2H])c(OC([2H])([2H])[2H])c(c23)OC14. The third kappa shape index (κ3) is 1.28. The van der Waals surface area contributed by atoms with E-state index in [0.29, 0.717) is 0 Å². The van der Waals surface area contributed by atoms with E-state index in [1.807, 2.05) is 0 Å². The number of rotatable bonds is 2. The molecule has 1 aromatic carbocycles. The molecule has 4 nitrogen and oxygen atoms in total. The number of likely N-dealkylation sites (N-methyl/N-ethyl adjacent to an activating group) is 1. The van der Waals surface area contributed by atoms with Crippen molar-refractivity contribution in [3.8, 4) is 11.5 Å². The van der Waals surface area contributed by atoms with Crippen molar-refractivity contribution in [3.63, 3.8) is 0 Å². The normalized spacial score (nSPS) is 56.1. The second-order valence-corrected chi connectivity index (χ2v) is 6.14. The molecule has 4 heteroatoms. The van der Waals surface area contributed by atoms with Gasteiger partial charge in [-0.05, 0) is 38.0 Å². The van der Waals surface area contributed by atoms with Gasteiger partial charge in [0.2, 0.25) is 1.43 Å². The maximum absolute atomic E-state index is 9.50. The number of nitrogens with zero attached hydrogens (tertiary/aromatic N) is 1. The van der Waals surface area contributed by atoms with Gasteiger partial charge in [-0.3, -0.25) is 0 Å². The van der Waals surface area contributed by atoms with Gasteiger partial charge >= 0.3 is 0 Å². The van der Waals surface area contributed by atoms with Crippen LogP contribution in [0.5, 0.6) is 11.5 Å². The van der Waals surface area contributed by atoms with Gasteiger partial charge in [0.1, 0.15) is 12.2 Å².